The van der Waals surface area contributed by atoms with Crippen LogP contribution in [0.4, 0.5) is 10.1 Å². The fourth-order valence-corrected chi connectivity index (χ4v) is 2.12. The van der Waals surface area contributed by atoms with E-state index < -0.39 is 5.60 Å². The first-order chi connectivity index (χ1) is 9.52. The summed E-state index contributed by atoms with van der Waals surface area (Å²) in [6, 6.07) is 5.30. The molecular weight excluding hydrogens is 267 g/mol. The van der Waals surface area contributed by atoms with Crippen LogP contribution >= 0.6 is 0 Å². The third-order valence-electron chi connectivity index (χ3n) is 3.14. The van der Waals surface area contributed by atoms with Crippen molar-refractivity contribution in [1.82, 2.24) is 5.32 Å². The Morgan fingerprint density at radius 3 is 2.24 bits per heavy atom. The molecule has 1 rings (SSSR count). The van der Waals surface area contributed by atoms with Crippen LogP contribution in [0.3, 0.4) is 0 Å². The van der Waals surface area contributed by atoms with Crippen molar-refractivity contribution in [2.75, 3.05) is 18.0 Å². The summed E-state index contributed by atoms with van der Waals surface area (Å²) in [5.41, 5.74) is 0.616. The second kappa shape index (κ2) is 6.75. The van der Waals surface area contributed by atoms with E-state index in [-0.39, 0.29) is 11.4 Å². The van der Waals surface area contributed by atoms with E-state index in [0.717, 1.165) is 5.56 Å². The molecule has 0 radical (unpaired) electrons. The molecule has 0 aromatic heterocycles. The summed E-state index contributed by atoms with van der Waals surface area (Å²) in [5, 5.41) is 13.3. The number of nitrogens with one attached hydrogen (secondary N) is 1. The Labute approximate surface area is 128 Å². The zero-order valence-corrected chi connectivity index (χ0v) is 14.1. The van der Waals surface area contributed by atoms with Gasteiger partial charge in [0.1, 0.15) is 5.82 Å². The van der Waals surface area contributed by atoms with Crippen LogP contribution in [-0.4, -0.2) is 29.3 Å². The van der Waals surface area contributed by atoms with Crippen molar-refractivity contribution in [2.45, 2.75) is 59.2 Å². The molecule has 0 saturated heterocycles. The first-order valence-corrected chi connectivity index (χ1v) is 7.52. The highest BCUT2D eigenvalue weighted by molar-refractivity contribution is 5.49. The second-order valence-electron chi connectivity index (χ2n) is 7.22. The van der Waals surface area contributed by atoms with E-state index in [1.807, 2.05) is 17.9 Å². The minimum atomic E-state index is -0.852. The predicted molar refractivity (Wildman–Crippen MR) is 87.2 cm³/mol. The Morgan fingerprint density at radius 1 is 1.19 bits per heavy atom. The Bertz CT molecular complexity index is 461. The van der Waals surface area contributed by atoms with E-state index in [1.54, 1.807) is 26.0 Å². The van der Waals surface area contributed by atoms with Gasteiger partial charge in [-0.2, -0.15) is 0 Å². The van der Waals surface area contributed by atoms with Crippen LogP contribution < -0.4 is 10.2 Å². The molecule has 1 aromatic rings. The van der Waals surface area contributed by atoms with Gasteiger partial charge in [0.05, 0.1) is 11.3 Å². The number of aliphatic hydroxyl groups is 1. The highest BCUT2D eigenvalue weighted by atomic mass is 19.1. The van der Waals surface area contributed by atoms with Crippen molar-refractivity contribution >= 4 is 5.69 Å². The second-order valence-corrected chi connectivity index (χ2v) is 7.22. The van der Waals surface area contributed by atoms with Gasteiger partial charge < -0.3 is 15.3 Å². The molecule has 0 fully saturated rings. The van der Waals surface area contributed by atoms with E-state index in [1.165, 1.54) is 0 Å². The first kappa shape index (κ1) is 17.9. The number of hydrogen-bond acceptors (Lipinski definition) is 3. The standard InChI is InChI=1S/C17H29FN2O/c1-7-20(12-17(5,6)21)15-9-8-13(10-14(15)18)11-19-16(2,3)4/h8-10,19,21H,7,11-12H2,1-6H3. The number of nitrogens with zero attached hydrogens (tertiary/aromatic N) is 1. The molecule has 21 heavy (non-hydrogen) atoms. The molecule has 0 saturated carbocycles. The SMILES string of the molecule is CCN(CC(C)(C)O)c1ccc(CNC(C)(C)C)cc1F. The highest BCUT2D eigenvalue weighted by Crippen LogP contribution is 2.22. The summed E-state index contributed by atoms with van der Waals surface area (Å²) in [6.07, 6.45) is 0. The lowest BCUT2D eigenvalue weighted by molar-refractivity contribution is 0.0874. The lowest BCUT2D eigenvalue weighted by Gasteiger charge is -2.30. The summed E-state index contributed by atoms with van der Waals surface area (Å²) < 4.78 is 14.3. The molecule has 120 valence electrons. The Balaban J connectivity index is 2.86. The predicted octanol–water partition coefficient (Wildman–Crippen LogP) is 3.31. The normalized spacial score (nSPS) is 12.6. The molecule has 0 amide bonds. The molecular formula is C17H29FN2O. The van der Waals surface area contributed by atoms with Gasteiger partial charge in [-0.25, -0.2) is 4.39 Å². The number of benzene rings is 1. The van der Waals surface area contributed by atoms with Crippen LogP contribution in [-0.2, 0) is 6.54 Å². The van der Waals surface area contributed by atoms with Gasteiger partial charge in [0.2, 0.25) is 0 Å². The van der Waals surface area contributed by atoms with Crippen molar-refractivity contribution in [1.29, 1.82) is 0 Å². The summed E-state index contributed by atoms with van der Waals surface area (Å²) in [6.45, 7) is 13.4. The maximum Gasteiger partial charge on any atom is 0.146 e. The van der Waals surface area contributed by atoms with Gasteiger partial charge >= 0.3 is 0 Å². The average molecular weight is 296 g/mol. The highest BCUT2D eigenvalue weighted by Gasteiger charge is 2.20. The van der Waals surface area contributed by atoms with Gasteiger partial charge in [-0.3, -0.25) is 0 Å². The largest absolute Gasteiger partial charge is 0.389 e. The monoisotopic (exact) mass is 296 g/mol. The van der Waals surface area contributed by atoms with Crippen molar-refractivity contribution < 1.29 is 9.50 Å². The zero-order chi connectivity index (χ0) is 16.3. The molecule has 0 bridgehead atoms. The Hall–Kier alpha value is -1.13. The molecule has 0 aliphatic carbocycles. The van der Waals surface area contributed by atoms with E-state index in [0.29, 0.717) is 25.3 Å². The van der Waals surface area contributed by atoms with Crippen molar-refractivity contribution in [3.05, 3.63) is 29.6 Å². The average Bonchev–Trinajstić information content (AvgIpc) is 2.32. The molecule has 2 N–H and O–H groups in total. The number of halogens is 1. The van der Waals surface area contributed by atoms with Gasteiger partial charge in [-0.15, -0.1) is 0 Å². The van der Waals surface area contributed by atoms with Crippen molar-refractivity contribution in [3.63, 3.8) is 0 Å². The van der Waals surface area contributed by atoms with Gasteiger partial charge in [0.25, 0.3) is 0 Å². The maximum absolute atomic E-state index is 14.3. The lowest BCUT2D eigenvalue weighted by Crippen LogP contribution is -2.39. The number of likely N-dealkylation sites (N-methyl/N-ethyl adjacent to an activating group) is 1. The van der Waals surface area contributed by atoms with Crippen LogP contribution in [0, 0.1) is 5.82 Å². The van der Waals surface area contributed by atoms with Crippen LogP contribution in [0.2, 0.25) is 0 Å². The topological polar surface area (TPSA) is 35.5 Å². The van der Waals surface area contributed by atoms with E-state index in [4.69, 9.17) is 0 Å². The van der Waals surface area contributed by atoms with E-state index >= 15 is 0 Å². The smallest absolute Gasteiger partial charge is 0.146 e. The molecule has 0 aliphatic rings. The molecule has 0 unspecified atom stereocenters. The summed E-state index contributed by atoms with van der Waals surface area (Å²) in [7, 11) is 0. The Morgan fingerprint density at radius 2 is 1.81 bits per heavy atom. The van der Waals surface area contributed by atoms with Gasteiger partial charge in [-0.1, -0.05) is 6.07 Å². The summed E-state index contributed by atoms with van der Waals surface area (Å²) >= 11 is 0. The van der Waals surface area contributed by atoms with Crippen LogP contribution in [0.5, 0.6) is 0 Å². The molecule has 4 heteroatoms. The van der Waals surface area contributed by atoms with Crippen LogP contribution in [0.15, 0.2) is 18.2 Å². The molecule has 0 spiro atoms. The molecule has 3 nitrogen and oxygen atoms in total. The van der Waals surface area contributed by atoms with Gasteiger partial charge in [-0.05, 0) is 59.2 Å². The van der Waals surface area contributed by atoms with E-state index in [2.05, 4.69) is 26.1 Å². The maximum atomic E-state index is 14.3. The number of hydrogen-bond donors (Lipinski definition) is 2. The minimum absolute atomic E-state index is 0.00547. The fourth-order valence-electron chi connectivity index (χ4n) is 2.12. The van der Waals surface area contributed by atoms with Crippen molar-refractivity contribution in [2.24, 2.45) is 0 Å². The summed E-state index contributed by atoms with van der Waals surface area (Å²) in [5.74, 6) is -0.241. The zero-order valence-electron chi connectivity index (χ0n) is 14.1. The first-order valence-electron chi connectivity index (χ1n) is 7.52. The summed E-state index contributed by atoms with van der Waals surface area (Å²) in [4.78, 5) is 1.86. The fraction of sp³-hybridized carbons (Fsp3) is 0.647. The van der Waals surface area contributed by atoms with Crippen LogP contribution in [0.25, 0.3) is 0 Å². The minimum Gasteiger partial charge on any atom is -0.389 e. The quantitative estimate of drug-likeness (QED) is 0.845. The molecule has 0 atom stereocenters. The van der Waals surface area contributed by atoms with Crippen LogP contribution in [0.1, 0.15) is 47.1 Å². The Kier molecular flexibility index (Phi) is 5.76. The third kappa shape index (κ3) is 6.44. The third-order valence-corrected chi connectivity index (χ3v) is 3.14. The molecule has 1 aromatic carbocycles. The number of anilines is 1. The van der Waals surface area contributed by atoms with Gasteiger partial charge in [0, 0.05) is 25.2 Å². The van der Waals surface area contributed by atoms with E-state index in [9.17, 15) is 9.50 Å². The van der Waals surface area contributed by atoms with Crippen molar-refractivity contribution in [3.8, 4) is 0 Å². The van der Waals surface area contributed by atoms with Gasteiger partial charge in [0.15, 0.2) is 0 Å². The number of rotatable bonds is 6. The molecule has 0 heterocycles. The lowest BCUT2D eigenvalue weighted by atomic mass is 10.1. The molecule has 0 aliphatic heterocycles.